The standard InChI is InChI=1S/C20H26FN3O4/c1-4-12(3)28-19-16-13(18(25)14(20(26)27)11-23(16)5-2)10-15(21)17(19)24-8-6-22-7-9-24/h10-12,22H,4-9H2,1-3H3,(H,26,27). The largest absolute Gasteiger partial charge is 0.486 e. The van der Waals surface area contributed by atoms with Crippen molar-refractivity contribution in [2.75, 3.05) is 31.1 Å². The number of hydrogen-bond acceptors (Lipinski definition) is 5. The highest BCUT2D eigenvalue weighted by atomic mass is 19.1. The maximum atomic E-state index is 15.2. The number of nitrogens with one attached hydrogen (secondary N) is 1. The molecule has 1 unspecified atom stereocenters. The summed E-state index contributed by atoms with van der Waals surface area (Å²) in [7, 11) is 0. The number of carboxylic acids is 1. The van der Waals surface area contributed by atoms with Gasteiger partial charge in [0.05, 0.1) is 17.0 Å². The molecule has 2 N–H and O–H groups in total. The number of aryl methyl sites for hydroxylation is 1. The van der Waals surface area contributed by atoms with Crippen LogP contribution in [0.25, 0.3) is 10.9 Å². The average molecular weight is 391 g/mol. The molecule has 0 aliphatic carbocycles. The second kappa shape index (κ2) is 8.18. The van der Waals surface area contributed by atoms with Crippen molar-refractivity contribution in [3.63, 3.8) is 0 Å². The van der Waals surface area contributed by atoms with Crippen LogP contribution in [-0.4, -0.2) is 47.9 Å². The lowest BCUT2D eigenvalue weighted by Gasteiger charge is -2.32. The van der Waals surface area contributed by atoms with E-state index in [-0.39, 0.29) is 17.1 Å². The number of ether oxygens (including phenoxy) is 1. The van der Waals surface area contributed by atoms with Crippen molar-refractivity contribution in [1.29, 1.82) is 0 Å². The number of hydrogen-bond donors (Lipinski definition) is 2. The summed E-state index contributed by atoms with van der Waals surface area (Å²) < 4.78 is 23.0. The van der Waals surface area contributed by atoms with E-state index in [1.165, 1.54) is 6.20 Å². The summed E-state index contributed by atoms with van der Waals surface area (Å²) >= 11 is 0. The van der Waals surface area contributed by atoms with Crippen molar-refractivity contribution >= 4 is 22.6 Å². The third-order valence-electron chi connectivity index (χ3n) is 5.14. The number of aromatic carboxylic acids is 1. The summed E-state index contributed by atoms with van der Waals surface area (Å²) in [6.07, 6.45) is 1.84. The molecule has 1 saturated heterocycles. The van der Waals surface area contributed by atoms with E-state index in [1.54, 1.807) is 4.57 Å². The third kappa shape index (κ3) is 3.56. The number of piperazine rings is 1. The van der Waals surface area contributed by atoms with Gasteiger partial charge in [-0.3, -0.25) is 4.79 Å². The van der Waals surface area contributed by atoms with Crippen molar-refractivity contribution in [3.8, 4) is 5.75 Å². The molecular formula is C20H26FN3O4. The summed E-state index contributed by atoms with van der Waals surface area (Å²) in [4.78, 5) is 26.1. The van der Waals surface area contributed by atoms with Crippen LogP contribution in [0, 0.1) is 5.82 Å². The lowest BCUT2D eigenvalue weighted by molar-refractivity contribution is 0.0694. The molecule has 3 rings (SSSR count). The Morgan fingerprint density at radius 3 is 2.61 bits per heavy atom. The highest BCUT2D eigenvalue weighted by Crippen LogP contribution is 2.39. The predicted octanol–water partition coefficient (Wildman–Crippen LogP) is 2.45. The number of anilines is 1. The van der Waals surface area contributed by atoms with Crippen LogP contribution in [0.2, 0.25) is 0 Å². The highest BCUT2D eigenvalue weighted by molar-refractivity contribution is 5.97. The SMILES string of the molecule is CCC(C)Oc1c(N2CCNCC2)c(F)cc2c(=O)c(C(=O)O)cn(CC)c12. The van der Waals surface area contributed by atoms with E-state index in [0.717, 1.165) is 19.2 Å². The molecule has 152 valence electrons. The number of pyridine rings is 1. The summed E-state index contributed by atoms with van der Waals surface area (Å²) in [5.41, 5.74) is -0.308. The van der Waals surface area contributed by atoms with Crippen LogP contribution in [-0.2, 0) is 6.54 Å². The third-order valence-corrected chi connectivity index (χ3v) is 5.14. The molecule has 1 aliphatic rings. The molecule has 0 radical (unpaired) electrons. The van der Waals surface area contributed by atoms with Crippen molar-refractivity contribution in [2.45, 2.75) is 39.8 Å². The molecule has 2 aromatic rings. The number of halogens is 1. The number of nitrogens with zero attached hydrogens (tertiary/aromatic N) is 2. The van der Waals surface area contributed by atoms with Gasteiger partial charge in [-0.1, -0.05) is 6.92 Å². The van der Waals surface area contributed by atoms with Crippen LogP contribution in [0.4, 0.5) is 10.1 Å². The van der Waals surface area contributed by atoms with Crippen molar-refractivity contribution in [2.24, 2.45) is 0 Å². The number of benzene rings is 1. The van der Waals surface area contributed by atoms with Crippen LogP contribution < -0.4 is 20.4 Å². The number of carboxylic acid groups (broad SMARTS) is 1. The Kier molecular flexibility index (Phi) is 5.88. The van der Waals surface area contributed by atoms with Crippen molar-refractivity contribution < 1.29 is 19.0 Å². The zero-order valence-electron chi connectivity index (χ0n) is 16.4. The lowest BCUT2D eigenvalue weighted by atomic mass is 10.1. The molecule has 1 fully saturated rings. The van der Waals surface area contributed by atoms with Gasteiger partial charge in [-0.2, -0.15) is 0 Å². The first kappa shape index (κ1) is 20.1. The molecule has 1 aromatic carbocycles. The van der Waals surface area contributed by atoms with Crippen molar-refractivity contribution in [1.82, 2.24) is 9.88 Å². The van der Waals surface area contributed by atoms with Gasteiger partial charge in [-0.25, -0.2) is 9.18 Å². The Morgan fingerprint density at radius 2 is 2.04 bits per heavy atom. The van der Waals surface area contributed by atoms with Crippen LogP contribution >= 0.6 is 0 Å². The zero-order valence-corrected chi connectivity index (χ0v) is 16.4. The summed E-state index contributed by atoms with van der Waals surface area (Å²) in [5.74, 6) is -1.60. The maximum absolute atomic E-state index is 15.2. The predicted molar refractivity (Wildman–Crippen MR) is 106 cm³/mol. The summed E-state index contributed by atoms with van der Waals surface area (Å²) in [6.45, 7) is 8.78. The fraction of sp³-hybridized carbons (Fsp3) is 0.500. The zero-order chi connectivity index (χ0) is 20.4. The normalized spacial score (nSPS) is 15.6. The van der Waals surface area contributed by atoms with Crippen LogP contribution in [0.1, 0.15) is 37.6 Å². The quantitative estimate of drug-likeness (QED) is 0.787. The number of aromatic nitrogens is 1. The van der Waals surface area contributed by atoms with E-state index in [0.29, 0.717) is 43.0 Å². The number of fused-ring (bicyclic) bond motifs is 1. The number of rotatable bonds is 6. The molecule has 0 bridgehead atoms. The highest BCUT2D eigenvalue weighted by Gasteiger charge is 2.27. The monoisotopic (exact) mass is 391 g/mol. The molecule has 28 heavy (non-hydrogen) atoms. The van der Waals surface area contributed by atoms with Gasteiger partial charge in [0, 0.05) is 38.9 Å². The lowest BCUT2D eigenvalue weighted by Crippen LogP contribution is -2.44. The van der Waals surface area contributed by atoms with Gasteiger partial charge in [0.25, 0.3) is 0 Å². The van der Waals surface area contributed by atoms with Gasteiger partial charge in [0.2, 0.25) is 5.43 Å². The van der Waals surface area contributed by atoms with E-state index >= 15 is 4.39 Å². The Labute approximate surface area is 162 Å². The molecular weight excluding hydrogens is 365 g/mol. The number of carbonyl (C=O) groups is 1. The van der Waals surface area contributed by atoms with E-state index in [4.69, 9.17) is 4.74 Å². The molecule has 1 aromatic heterocycles. The Morgan fingerprint density at radius 1 is 1.36 bits per heavy atom. The Hall–Kier alpha value is -2.61. The molecule has 2 heterocycles. The Bertz CT molecular complexity index is 951. The molecule has 1 atom stereocenters. The van der Waals surface area contributed by atoms with Crippen LogP contribution in [0.15, 0.2) is 17.1 Å². The smallest absolute Gasteiger partial charge is 0.341 e. The van der Waals surface area contributed by atoms with Gasteiger partial charge < -0.3 is 24.6 Å². The van der Waals surface area contributed by atoms with E-state index in [1.807, 2.05) is 25.7 Å². The topological polar surface area (TPSA) is 83.8 Å². The van der Waals surface area contributed by atoms with Gasteiger partial charge in [-0.15, -0.1) is 0 Å². The van der Waals surface area contributed by atoms with E-state index in [9.17, 15) is 14.7 Å². The summed E-state index contributed by atoms with van der Waals surface area (Å²) in [5, 5.41) is 12.6. The molecule has 7 nitrogen and oxygen atoms in total. The second-order valence-electron chi connectivity index (χ2n) is 6.97. The molecule has 0 saturated carbocycles. The van der Waals surface area contributed by atoms with Crippen LogP contribution in [0.5, 0.6) is 5.75 Å². The first-order chi connectivity index (χ1) is 13.4. The van der Waals surface area contributed by atoms with E-state index in [2.05, 4.69) is 5.32 Å². The molecule has 8 heteroatoms. The molecule has 1 aliphatic heterocycles. The van der Waals surface area contributed by atoms with Gasteiger partial charge in [0.1, 0.15) is 11.3 Å². The minimum atomic E-state index is -1.33. The average Bonchev–Trinajstić information content (AvgIpc) is 2.69. The van der Waals surface area contributed by atoms with Crippen LogP contribution in [0.3, 0.4) is 0 Å². The molecule has 0 amide bonds. The van der Waals surface area contributed by atoms with Crippen molar-refractivity contribution in [3.05, 3.63) is 33.9 Å². The van der Waals surface area contributed by atoms with E-state index < -0.39 is 17.2 Å². The first-order valence-electron chi connectivity index (χ1n) is 9.64. The fourth-order valence-electron chi connectivity index (χ4n) is 3.47. The fourth-order valence-corrected chi connectivity index (χ4v) is 3.47. The first-order valence-corrected chi connectivity index (χ1v) is 9.64. The molecule has 0 spiro atoms. The summed E-state index contributed by atoms with van der Waals surface area (Å²) in [6, 6.07) is 1.15. The Balaban J connectivity index is 2.38. The van der Waals surface area contributed by atoms with Gasteiger partial charge in [0.15, 0.2) is 11.6 Å². The van der Waals surface area contributed by atoms with Gasteiger partial charge >= 0.3 is 5.97 Å². The maximum Gasteiger partial charge on any atom is 0.341 e. The minimum absolute atomic E-state index is 0.0245. The minimum Gasteiger partial charge on any atom is -0.486 e. The van der Waals surface area contributed by atoms with Gasteiger partial charge in [-0.05, 0) is 26.3 Å². The second-order valence-corrected chi connectivity index (χ2v) is 6.97.